The number of amides is 1. The lowest BCUT2D eigenvalue weighted by molar-refractivity contribution is -0.115. The number of nitrogens with zero attached hydrogens (tertiary/aromatic N) is 3. The number of carbonyl (C=O) groups excluding carboxylic acids is 1. The van der Waals surface area contributed by atoms with Crippen LogP contribution in [-0.2, 0) is 8.59 Å². The Morgan fingerprint density at radius 2 is 1.67 bits per heavy atom. The van der Waals surface area contributed by atoms with Crippen molar-refractivity contribution in [2.24, 2.45) is 0 Å². The van der Waals surface area contributed by atoms with Crippen LogP contribution in [0.15, 0.2) is 36.4 Å². The normalized spacial score (nSPS) is 10.9. The third-order valence-corrected chi connectivity index (χ3v) is 5.50. The van der Waals surface area contributed by atoms with Gasteiger partial charge in [-0.2, -0.15) is 0 Å². The summed E-state index contributed by atoms with van der Waals surface area (Å²) in [4.78, 5) is 25.6. The third-order valence-electron chi connectivity index (χ3n) is 3.71. The van der Waals surface area contributed by atoms with Gasteiger partial charge in [0.15, 0.2) is 5.82 Å². The Bertz CT molecular complexity index is 1180. The van der Waals surface area contributed by atoms with E-state index in [0.29, 0.717) is 27.2 Å². The number of halogens is 7. The Morgan fingerprint density at radius 1 is 1.00 bits per heavy atom. The average molecular weight is 594 g/mol. The molecule has 0 saturated heterocycles. The molecule has 0 bridgehead atoms. The van der Waals surface area contributed by atoms with Crippen molar-refractivity contribution in [3.8, 4) is 5.69 Å². The van der Waals surface area contributed by atoms with Gasteiger partial charge in [0.05, 0.1) is 20.8 Å². The molecule has 0 radical (unpaired) electrons. The summed E-state index contributed by atoms with van der Waals surface area (Å²) in [5.74, 6) is -2.11. The molecule has 7 nitrogen and oxygen atoms in total. The van der Waals surface area contributed by atoms with Crippen LogP contribution in [0.25, 0.3) is 5.69 Å². The summed E-state index contributed by atoms with van der Waals surface area (Å²) in [6, 6.07) is 9.47. The van der Waals surface area contributed by atoms with Crippen molar-refractivity contribution in [3.63, 3.8) is 0 Å². The van der Waals surface area contributed by atoms with Gasteiger partial charge in [-0.25, -0.2) is 14.5 Å². The predicted octanol–water partition coefficient (Wildman–Crippen LogP) is 7.44. The first-order valence-corrected chi connectivity index (χ1v) is 11.5. The Labute approximate surface area is 223 Å². The topological polar surface area (TPSA) is 97.1 Å². The number of hydrogen-bond acceptors (Lipinski definition) is 4. The maximum Gasteiger partial charge on any atom is 0.375 e. The molecule has 1 amide bonds. The Hall–Kier alpha value is -1.45. The van der Waals surface area contributed by atoms with Crippen molar-refractivity contribution in [1.82, 2.24) is 14.8 Å². The highest BCUT2D eigenvalue weighted by molar-refractivity contribution is 6.66. The molecule has 0 aliphatic carbocycles. The highest BCUT2D eigenvalue weighted by Gasteiger charge is 2.33. The largest absolute Gasteiger partial charge is 0.475 e. The molecule has 0 fully saturated rings. The number of anilines is 1. The molecular formula is C19H13Cl7N4O3. The van der Waals surface area contributed by atoms with Gasteiger partial charge in [0, 0.05) is 17.1 Å². The second kappa shape index (κ2) is 11.8. The van der Waals surface area contributed by atoms with Crippen molar-refractivity contribution in [1.29, 1.82) is 0 Å². The Balaban J connectivity index is 0.000000257. The van der Waals surface area contributed by atoms with Crippen LogP contribution >= 0.6 is 81.2 Å². The summed E-state index contributed by atoms with van der Waals surface area (Å²) >= 11 is 40.6. The number of hydrogen-bond donors (Lipinski definition) is 2. The van der Waals surface area contributed by atoms with Crippen molar-refractivity contribution in [2.45, 2.75) is 17.1 Å². The van der Waals surface area contributed by atoms with E-state index in [4.69, 9.17) is 86.3 Å². The van der Waals surface area contributed by atoms with Gasteiger partial charge in [-0.05, 0) is 36.4 Å². The molecule has 176 valence electrons. The van der Waals surface area contributed by atoms with Gasteiger partial charge in [0.1, 0.15) is 0 Å². The molecule has 0 saturated carbocycles. The fourth-order valence-electron chi connectivity index (χ4n) is 2.23. The molecule has 2 aromatic carbocycles. The SMILES string of the molecule is CCC(=O)Nc1ccc(Cl)c(Cl)c1.O=C(O)c1nc(C(Cl)(Cl)Cl)n(-c2ccc(Cl)cc2Cl)n1. The molecule has 1 heterocycles. The number of alkyl halides is 3. The second-order valence-electron chi connectivity index (χ2n) is 6.10. The van der Waals surface area contributed by atoms with Crippen LogP contribution < -0.4 is 5.32 Å². The minimum absolute atomic E-state index is 0.0432. The van der Waals surface area contributed by atoms with Crippen LogP contribution in [0.4, 0.5) is 5.69 Å². The summed E-state index contributed by atoms with van der Waals surface area (Å²) in [7, 11) is 0. The summed E-state index contributed by atoms with van der Waals surface area (Å²) < 4.78 is -0.918. The van der Waals surface area contributed by atoms with E-state index in [2.05, 4.69) is 15.4 Å². The van der Waals surface area contributed by atoms with E-state index < -0.39 is 15.6 Å². The highest BCUT2D eigenvalue weighted by atomic mass is 35.6. The summed E-state index contributed by atoms with van der Waals surface area (Å²) in [5.41, 5.74) is 0.957. The molecule has 0 spiro atoms. The van der Waals surface area contributed by atoms with E-state index in [0.717, 1.165) is 4.68 Å². The molecule has 0 aliphatic heterocycles. The minimum Gasteiger partial charge on any atom is -0.475 e. The zero-order chi connectivity index (χ0) is 24.9. The van der Waals surface area contributed by atoms with Crippen LogP contribution in [0.5, 0.6) is 0 Å². The number of aromatic nitrogens is 3. The quantitative estimate of drug-likeness (QED) is 0.307. The van der Waals surface area contributed by atoms with Gasteiger partial charge < -0.3 is 10.4 Å². The van der Waals surface area contributed by atoms with Crippen molar-refractivity contribution < 1.29 is 14.7 Å². The second-order valence-corrected chi connectivity index (χ2v) is 10.0. The maximum atomic E-state index is 11.0. The van der Waals surface area contributed by atoms with Crippen LogP contribution in [0.1, 0.15) is 29.8 Å². The minimum atomic E-state index is -1.97. The smallest absolute Gasteiger partial charge is 0.375 e. The highest BCUT2D eigenvalue weighted by Crippen LogP contribution is 2.39. The lowest BCUT2D eigenvalue weighted by Gasteiger charge is -2.12. The Kier molecular flexibility index (Phi) is 9.94. The van der Waals surface area contributed by atoms with Gasteiger partial charge in [0.25, 0.3) is 5.82 Å². The fourth-order valence-corrected chi connectivity index (χ4v) is 3.38. The van der Waals surface area contributed by atoms with E-state index >= 15 is 0 Å². The Morgan fingerprint density at radius 3 is 2.18 bits per heavy atom. The van der Waals surface area contributed by atoms with Crippen molar-refractivity contribution in [3.05, 3.63) is 68.1 Å². The monoisotopic (exact) mass is 590 g/mol. The maximum absolute atomic E-state index is 11.0. The average Bonchev–Trinajstić information content (AvgIpc) is 3.17. The van der Waals surface area contributed by atoms with Crippen molar-refractivity contribution in [2.75, 3.05) is 5.32 Å². The van der Waals surface area contributed by atoms with Crippen molar-refractivity contribution >= 4 is 98.8 Å². The number of carboxylic acids is 1. The van der Waals surface area contributed by atoms with Gasteiger partial charge >= 0.3 is 5.97 Å². The molecule has 0 atom stereocenters. The molecule has 0 aliphatic rings. The van der Waals surface area contributed by atoms with Gasteiger partial charge in [-0.3, -0.25) is 4.79 Å². The first-order valence-electron chi connectivity index (χ1n) is 8.81. The van der Waals surface area contributed by atoms with Gasteiger partial charge in [0.2, 0.25) is 9.70 Å². The van der Waals surface area contributed by atoms with Gasteiger partial charge in [-0.15, -0.1) is 5.10 Å². The lowest BCUT2D eigenvalue weighted by Crippen LogP contribution is -2.12. The molecule has 0 unspecified atom stereocenters. The number of aromatic carboxylic acids is 1. The van der Waals surface area contributed by atoms with Gasteiger partial charge in [-0.1, -0.05) is 88.1 Å². The first kappa shape index (κ1) is 27.8. The molecule has 14 heteroatoms. The molecule has 2 N–H and O–H groups in total. The zero-order valence-corrected chi connectivity index (χ0v) is 21.7. The fraction of sp³-hybridized carbons (Fsp3) is 0.158. The molecule has 1 aromatic heterocycles. The number of benzene rings is 2. The number of rotatable bonds is 4. The standard InChI is InChI=1S/C10H4Cl5N3O2.C9H9Cl2NO/c11-4-1-2-6(5(12)3-4)18-9(10(13,14)15)16-7(17-18)8(19)20;1-2-9(13)12-6-3-4-7(10)8(11)5-6/h1-3H,(H,19,20);3-5H,2H2,1H3,(H,12,13). The summed E-state index contributed by atoms with van der Waals surface area (Å²) in [5, 5.41) is 16.9. The van der Waals surface area contributed by atoms with E-state index in [1.54, 1.807) is 25.1 Å². The molecule has 3 aromatic rings. The van der Waals surface area contributed by atoms with E-state index in [-0.39, 0.29) is 22.4 Å². The molecular weight excluding hydrogens is 580 g/mol. The van der Waals surface area contributed by atoms with E-state index in [9.17, 15) is 9.59 Å². The predicted molar refractivity (Wildman–Crippen MR) is 133 cm³/mol. The lowest BCUT2D eigenvalue weighted by atomic mass is 10.3. The van der Waals surface area contributed by atoms with Crippen LogP contribution in [0.3, 0.4) is 0 Å². The number of carbonyl (C=O) groups is 2. The number of nitrogens with one attached hydrogen (secondary N) is 1. The summed E-state index contributed by atoms with van der Waals surface area (Å²) in [6.45, 7) is 1.78. The van der Waals surface area contributed by atoms with E-state index in [1.807, 2.05) is 0 Å². The molecule has 3 rings (SSSR count). The molecule has 33 heavy (non-hydrogen) atoms. The van der Waals surface area contributed by atoms with Crippen LogP contribution in [0.2, 0.25) is 20.1 Å². The van der Waals surface area contributed by atoms with Crippen LogP contribution in [-0.4, -0.2) is 31.7 Å². The van der Waals surface area contributed by atoms with Crippen LogP contribution in [0, 0.1) is 0 Å². The van der Waals surface area contributed by atoms with E-state index in [1.165, 1.54) is 18.2 Å². The summed E-state index contributed by atoms with van der Waals surface area (Å²) in [6.07, 6.45) is 0.445. The third kappa shape index (κ3) is 7.79. The first-order chi connectivity index (χ1) is 15.3. The number of carboxylic acid groups (broad SMARTS) is 1. The zero-order valence-electron chi connectivity index (χ0n) is 16.4.